The van der Waals surface area contributed by atoms with Crippen molar-refractivity contribution in [2.24, 2.45) is 5.10 Å². The summed E-state index contributed by atoms with van der Waals surface area (Å²) in [6.07, 6.45) is 1.59. The van der Waals surface area contributed by atoms with Gasteiger partial charge in [-0.1, -0.05) is 48.0 Å². The van der Waals surface area contributed by atoms with Crippen LogP contribution in [-0.2, 0) is 14.8 Å². The van der Waals surface area contributed by atoms with Crippen molar-refractivity contribution in [2.45, 2.75) is 11.8 Å². The minimum atomic E-state index is -3.49. The van der Waals surface area contributed by atoms with Crippen LogP contribution in [0.4, 0.5) is 0 Å². The summed E-state index contributed by atoms with van der Waals surface area (Å²) < 4.78 is 26.9. The fourth-order valence-electron chi connectivity index (χ4n) is 2.94. The molecule has 0 unspecified atom stereocenters. The van der Waals surface area contributed by atoms with E-state index in [2.05, 4.69) is 10.5 Å². The van der Waals surface area contributed by atoms with Crippen molar-refractivity contribution >= 4 is 22.1 Å². The highest BCUT2D eigenvalue weighted by Gasteiger charge is 2.28. The number of hydrazone groups is 1. The number of carbonyl (C=O) groups is 1. The standard InChI is InChI=1S/C20H24N4O3S/c1-17-7-9-19(10-8-17)28(26,27)24-13-11-23(12-14-24)16-20(25)22-21-15-18-5-3-2-4-6-18/h2-10,15H,11-14,16H2,1H3,(H,22,25)/b21-15+. The van der Waals surface area contributed by atoms with Gasteiger partial charge in [0.15, 0.2) is 0 Å². The van der Waals surface area contributed by atoms with E-state index in [1.54, 1.807) is 30.5 Å². The van der Waals surface area contributed by atoms with E-state index in [1.807, 2.05) is 42.2 Å². The maximum atomic E-state index is 12.7. The Morgan fingerprint density at radius 2 is 1.68 bits per heavy atom. The fraction of sp³-hybridized carbons (Fsp3) is 0.300. The maximum Gasteiger partial charge on any atom is 0.254 e. The molecule has 7 nitrogen and oxygen atoms in total. The molecule has 3 rings (SSSR count). The van der Waals surface area contributed by atoms with Gasteiger partial charge in [-0.15, -0.1) is 0 Å². The third-order valence-corrected chi connectivity index (χ3v) is 6.47. The van der Waals surface area contributed by atoms with Crippen LogP contribution in [0.3, 0.4) is 0 Å². The molecule has 0 radical (unpaired) electrons. The molecule has 28 heavy (non-hydrogen) atoms. The first kappa shape index (κ1) is 20.2. The van der Waals surface area contributed by atoms with Crippen LogP contribution in [0.5, 0.6) is 0 Å². The largest absolute Gasteiger partial charge is 0.292 e. The van der Waals surface area contributed by atoms with Crippen molar-refractivity contribution in [3.63, 3.8) is 0 Å². The summed E-state index contributed by atoms with van der Waals surface area (Å²) in [5, 5.41) is 3.95. The van der Waals surface area contributed by atoms with Crippen molar-refractivity contribution in [1.29, 1.82) is 0 Å². The summed E-state index contributed by atoms with van der Waals surface area (Å²) in [4.78, 5) is 14.3. The van der Waals surface area contributed by atoms with E-state index in [9.17, 15) is 13.2 Å². The third kappa shape index (κ3) is 5.25. The predicted octanol–water partition coefficient (Wildman–Crippen LogP) is 1.45. The van der Waals surface area contributed by atoms with E-state index in [1.165, 1.54) is 4.31 Å². The number of hydrogen-bond acceptors (Lipinski definition) is 5. The van der Waals surface area contributed by atoms with Crippen LogP contribution in [0.1, 0.15) is 11.1 Å². The van der Waals surface area contributed by atoms with E-state index < -0.39 is 10.0 Å². The Morgan fingerprint density at radius 3 is 2.32 bits per heavy atom. The molecule has 2 aromatic rings. The van der Waals surface area contributed by atoms with Crippen molar-refractivity contribution in [2.75, 3.05) is 32.7 Å². The minimum Gasteiger partial charge on any atom is -0.292 e. The second-order valence-corrected chi connectivity index (χ2v) is 8.64. The van der Waals surface area contributed by atoms with Gasteiger partial charge in [0, 0.05) is 26.2 Å². The van der Waals surface area contributed by atoms with Gasteiger partial charge in [-0.05, 0) is 24.6 Å². The van der Waals surface area contributed by atoms with Crippen molar-refractivity contribution in [3.8, 4) is 0 Å². The summed E-state index contributed by atoms with van der Waals surface area (Å²) in [5.74, 6) is -0.220. The molecule has 1 fully saturated rings. The maximum absolute atomic E-state index is 12.7. The summed E-state index contributed by atoms with van der Waals surface area (Å²) >= 11 is 0. The Kier molecular flexibility index (Phi) is 6.56. The van der Waals surface area contributed by atoms with Crippen LogP contribution in [0, 0.1) is 6.92 Å². The average molecular weight is 401 g/mol. The van der Waals surface area contributed by atoms with Gasteiger partial charge in [-0.3, -0.25) is 9.69 Å². The number of nitrogens with one attached hydrogen (secondary N) is 1. The van der Waals surface area contributed by atoms with E-state index in [4.69, 9.17) is 0 Å². The van der Waals surface area contributed by atoms with Crippen molar-refractivity contribution in [1.82, 2.24) is 14.6 Å². The smallest absolute Gasteiger partial charge is 0.254 e. The highest BCUT2D eigenvalue weighted by atomic mass is 32.2. The molecule has 0 bridgehead atoms. The molecule has 8 heteroatoms. The van der Waals surface area contributed by atoms with Crippen LogP contribution < -0.4 is 5.43 Å². The third-order valence-electron chi connectivity index (χ3n) is 4.56. The van der Waals surface area contributed by atoms with E-state index >= 15 is 0 Å². The van der Waals surface area contributed by atoms with E-state index in [0.29, 0.717) is 31.1 Å². The topological polar surface area (TPSA) is 82.1 Å². The molecule has 1 heterocycles. The molecular weight excluding hydrogens is 376 g/mol. The van der Waals surface area contributed by atoms with Gasteiger partial charge in [0.25, 0.3) is 5.91 Å². The number of piperazine rings is 1. The van der Waals surface area contributed by atoms with Crippen LogP contribution in [0.25, 0.3) is 0 Å². The zero-order chi connectivity index (χ0) is 20.0. The molecule has 1 amide bonds. The summed E-state index contributed by atoms with van der Waals surface area (Å²) in [6.45, 7) is 3.82. The van der Waals surface area contributed by atoms with Crippen molar-refractivity contribution < 1.29 is 13.2 Å². The van der Waals surface area contributed by atoms with Crippen LogP contribution in [0.2, 0.25) is 0 Å². The van der Waals surface area contributed by atoms with Crippen molar-refractivity contribution in [3.05, 3.63) is 65.7 Å². The molecule has 0 spiro atoms. The molecule has 148 valence electrons. The van der Waals surface area contributed by atoms with E-state index in [-0.39, 0.29) is 12.5 Å². The van der Waals surface area contributed by atoms with Gasteiger partial charge in [0.2, 0.25) is 10.0 Å². The summed E-state index contributed by atoms with van der Waals surface area (Å²) in [7, 11) is -3.49. The molecule has 0 saturated carbocycles. The number of amides is 1. The normalized spacial score (nSPS) is 16.3. The SMILES string of the molecule is Cc1ccc(S(=O)(=O)N2CCN(CC(=O)N/N=C/c3ccccc3)CC2)cc1. The number of hydrogen-bond donors (Lipinski definition) is 1. The van der Waals surface area contributed by atoms with Gasteiger partial charge < -0.3 is 0 Å². The lowest BCUT2D eigenvalue weighted by Crippen LogP contribution is -2.50. The first-order valence-electron chi connectivity index (χ1n) is 9.11. The average Bonchev–Trinajstić information content (AvgIpc) is 2.69. The fourth-order valence-corrected chi connectivity index (χ4v) is 4.37. The quantitative estimate of drug-likeness (QED) is 0.588. The van der Waals surface area contributed by atoms with Crippen LogP contribution in [0.15, 0.2) is 64.6 Å². The highest BCUT2D eigenvalue weighted by Crippen LogP contribution is 2.18. The number of rotatable bonds is 6. The second kappa shape index (κ2) is 9.09. The first-order chi connectivity index (χ1) is 13.4. The van der Waals surface area contributed by atoms with Gasteiger partial charge >= 0.3 is 0 Å². The predicted molar refractivity (Wildman–Crippen MR) is 109 cm³/mol. The molecule has 1 aliphatic heterocycles. The number of benzene rings is 2. The van der Waals surface area contributed by atoms with Gasteiger partial charge in [-0.25, -0.2) is 13.8 Å². The lowest BCUT2D eigenvalue weighted by molar-refractivity contribution is -0.122. The Labute approximate surface area is 165 Å². The number of sulfonamides is 1. The van der Waals surface area contributed by atoms with Gasteiger partial charge in [-0.2, -0.15) is 9.41 Å². The molecule has 1 N–H and O–H groups in total. The second-order valence-electron chi connectivity index (χ2n) is 6.70. The molecule has 2 aromatic carbocycles. The Hall–Kier alpha value is -2.55. The molecule has 1 saturated heterocycles. The summed E-state index contributed by atoms with van der Waals surface area (Å²) in [5.41, 5.74) is 4.43. The molecule has 0 atom stereocenters. The van der Waals surface area contributed by atoms with Gasteiger partial charge in [0.05, 0.1) is 17.7 Å². The zero-order valence-corrected chi connectivity index (χ0v) is 16.6. The first-order valence-corrected chi connectivity index (χ1v) is 10.6. The Bertz CT molecular complexity index is 920. The van der Waals surface area contributed by atoms with Crippen LogP contribution >= 0.6 is 0 Å². The van der Waals surface area contributed by atoms with E-state index in [0.717, 1.165) is 11.1 Å². The number of carbonyl (C=O) groups excluding carboxylic acids is 1. The number of nitrogens with zero attached hydrogens (tertiary/aromatic N) is 3. The lowest BCUT2D eigenvalue weighted by atomic mass is 10.2. The number of aryl methyl sites for hydroxylation is 1. The Morgan fingerprint density at radius 1 is 1.04 bits per heavy atom. The Balaban J connectivity index is 1.48. The van der Waals surface area contributed by atoms with Gasteiger partial charge in [0.1, 0.15) is 0 Å². The molecule has 1 aliphatic rings. The highest BCUT2D eigenvalue weighted by molar-refractivity contribution is 7.89. The monoisotopic (exact) mass is 400 g/mol. The lowest BCUT2D eigenvalue weighted by Gasteiger charge is -2.33. The minimum absolute atomic E-state index is 0.185. The molecule has 0 aromatic heterocycles. The zero-order valence-electron chi connectivity index (χ0n) is 15.8. The molecule has 0 aliphatic carbocycles. The van der Waals surface area contributed by atoms with Crippen LogP contribution in [-0.4, -0.2) is 62.5 Å². The molecular formula is C20H24N4O3S. The summed E-state index contributed by atoms with van der Waals surface area (Å²) in [6, 6.07) is 16.3.